The fourth-order valence-corrected chi connectivity index (χ4v) is 4.21. The smallest absolute Gasteiger partial charge is 0.165 e. The van der Waals surface area contributed by atoms with E-state index in [1.54, 1.807) is 6.07 Å². The second kappa shape index (κ2) is 10.5. The zero-order valence-corrected chi connectivity index (χ0v) is 17.3. The van der Waals surface area contributed by atoms with Crippen LogP contribution in [0.5, 0.6) is 5.75 Å². The predicted octanol–water partition coefficient (Wildman–Crippen LogP) is 6.61. The monoisotopic (exact) mass is 384 g/mol. The van der Waals surface area contributed by atoms with Gasteiger partial charge in [-0.05, 0) is 61.4 Å². The fraction of sp³-hybridized carbons (Fsp3) is 0.583. The molecule has 0 unspecified atom stereocenters. The Kier molecular flexibility index (Phi) is 7.81. The molecule has 152 valence electrons. The molecule has 28 heavy (non-hydrogen) atoms. The van der Waals surface area contributed by atoms with Crippen LogP contribution in [0.1, 0.15) is 70.9 Å². The summed E-state index contributed by atoms with van der Waals surface area (Å²) in [6.07, 6.45) is 11.3. The third-order valence-corrected chi connectivity index (χ3v) is 5.88. The topological polar surface area (TPSA) is 35.0 Å². The lowest BCUT2D eigenvalue weighted by Crippen LogP contribution is -2.15. The summed E-state index contributed by atoms with van der Waals surface area (Å²) in [4.78, 5) is 0. The van der Waals surface area contributed by atoms with Crippen molar-refractivity contribution in [3.8, 4) is 17.0 Å². The van der Waals surface area contributed by atoms with Crippen LogP contribution in [-0.2, 0) is 6.42 Å². The number of ether oxygens (including phenoxy) is 1. The van der Waals surface area contributed by atoms with Gasteiger partial charge in [0.1, 0.15) is 0 Å². The summed E-state index contributed by atoms with van der Waals surface area (Å²) in [5.74, 6) is 1.73. The third-order valence-electron chi connectivity index (χ3n) is 5.88. The Morgan fingerprint density at radius 3 is 2.29 bits per heavy atom. The molecule has 3 rings (SSSR count). The Labute approximate surface area is 168 Å². The van der Waals surface area contributed by atoms with Gasteiger partial charge in [0, 0.05) is 5.56 Å². The third kappa shape index (κ3) is 5.76. The predicted molar refractivity (Wildman–Crippen MR) is 112 cm³/mol. The Bertz CT molecular complexity index is 724. The molecule has 0 bridgehead atoms. The van der Waals surface area contributed by atoms with Gasteiger partial charge in [-0.15, -0.1) is 0 Å². The average Bonchev–Trinajstić information content (AvgIpc) is 2.73. The van der Waals surface area contributed by atoms with Crippen LogP contribution >= 0.6 is 0 Å². The molecule has 1 fully saturated rings. The molecule has 0 radical (unpaired) electrons. The zero-order valence-electron chi connectivity index (χ0n) is 17.3. The molecule has 2 aromatic rings. The van der Waals surface area contributed by atoms with Crippen molar-refractivity contribution in [1.82, 2.24) is 10.2 Å². The summed E-state index contributed by atoms with van der Waals surface area (Å²) in [7, 11) is 0. The van der Waals surface area contributed by atoms with E-state index >= 15 is 0 Å². The van der Waals surface area contributed by atoms with Crippen LogP contribution in [-0.4, -0.2) is 16.8 Å². The summed E-state index contributed by atoms with van der Waals surface area (Å²) in [6, 6.07) is 8.97. The highest BCUT2D eigenvalue weighted by Gasteiger charge is 2.20. The van der Waals surface area contributed by atoms with E-state index in [0.29, 0.717) is 18.1 Å². The minimum atomic E-state index is -0.351. The first kappa shape index (κ1) is 20.8. The van der Waals surface area contributed by atoms with Crippen molar-refractivity contribution in [2.24, 2.45) is 11.8 Å². The quantitative estimate of drug-likeness (QED) is 0.488. The fourth-order valence-electron chi connectivity index (χ4n) is 4.21. The lowest BCUT2D eigenvalue weighted by atomic mass is 9.78. The summed E-state index contributed by atoms with van der Waals surface area (Å²) in [6.45, 7) is 4.81. The van der Waals surface area contributed by atoms with Crippen LogP contribution in [0.15, 0.2) is 30.3 Å². The molecule has 1 saturated carbocycles. The van der Waals surface area contributed by atoms with Crippen molar-refractivity contribution in [3.63, 3.8) is 0 Å². The van der Waals surface area contributed by atoms with Gasteiger partial charge in [-0.2, -0.15) is 10.2 Å². The molecule has 0 spiro atoms. The Balaban J connectivity index is 1.52. The van der Waals surface area contributed by atoms with Crippen molar-refractivity contribution in [2.75, 3.05) is 6.61 Å². The highest BCUT2D eigenvalue weighted by Crippen LogP contribution is 2.33. The van der Waals surface area contributed by atoms with E-state index in [9.17, 15) is 4.39 Å². The first-order valence-electron chi connectivity index (χ1n) is 10.9. The van der Waals surface area contributed by atoms with Gasteiger partial charge in [0.2, 0.25) is 0 Å². The van der Waals surface area contributed by atoms with E-state index in [1.165, 1.54) is 51.0 Å². The SMILES string of the molecule is CCCOc1ccc(-c2ccc(CCC3CCC(CCC)CC3)nn2)cc1F. The molecular formula is C24H33FN2O. The maximum Gasteiger partial charge on any atom is 0.165 e. The number of aryl methyl sites for hydroxylation is 1. The van der Waals surface area contributed by atoms with Crippen LogP contribution in [0.2, 0.25) is 0 Å². The Morgan fingerprint density at radius 2 is 1.68 bits per heavy atom. The molecule has 1 aliphatic carbocycles. The first-order chi connectivity index (χ1) is 13.7. The molecule has 1 aliphatic rings. The largest absolute Gasteiger partial charge is 0.491 e. The summed E-state index contributed by atoms with van der Waals surface area (Å²) >= 11 is 0. The van der Waals surface area contributed by atoms with Gasteiger partial charge in [-0.3, -0.25) is 0 Å². The van der Waals surface area contributed by atoms with Crippen LogP contribution in [0, 0.1) is 17.7 Å². The van der Waals surface area contributed by atoms with Crippen molar-refractivity contribution in [3.05, 3.63) is 41.8 Å². The van der Waals surface area contributed by atoms with Crippen LogP contribution < -0.4 is 4.74 Å². The summed E-state index contributed by atoms with van der Waals surface area (Å²) in [5, 5.41) is 8.71. The van der Waals surface area contributed by atoms with Crippen molar-refractivity contribution >= 4 is 0 Å². The molecular weight excluding hydrogens is 351 g/mol. The standard InChI is InChI=1S/C24H33FN2O/c1-3-5-18-6-8-19(9-7-18)10-12-21-13-14-23(27-26-21)20-11-15-24(22(25)17-20)28-16-4-2/h11,13-15,17-19H,3-10,12,16H2,1-2H3. The second-order valence-corrected chi connectivity index (χ2v) is 8.12. The minimum absolute atomic E-state index is 0.295. The normalized spacial score (nSPS) is 19.5. The molecule has 0 N–H and O–H groups in total. The van der Waals surface area contributed by atoms with Gasteiger partial charge in [0.15, 0.2) is 11.6 Å². The van der Waals surface area contributed by atoms with Gasteiger partial charge < -0.3 is 4.74 Å². The number of benzene rings is 1. The van der Waals surface area contributed by atoms with E-state index in [4.69, 9.17) is 4.74 Å². The summed E-state index contributed by atoms with van der Waals surface area (Å²) in [5.41, 5.74) is 2.46. The lowest BCUT2D eigenvalue weighted by molar-refractivity contribution is 0.252. The van der Waals surface area contributed by atoms with Crippen molar-refractivity contribution < 1.29 is 9.13 Å². The van der Waals surface area contributed by atoms with Crippen LogP contribution in [0.25, 0.3) is 11.3 Å². The molecule has 0 aliphatic heterocycles. The molecule has 3 nitrogen and oxygen atoms in total. The van der Waals surface area contributed by atoms with Gasteiger partial charge >= 0.3 is 0 Å². The lowest BCUT2D eigenvalue weighted by Gasteiger charge is -2.28. The molecule has 0 saturated heterocycles. The highest BCUT2D eigenvalue weighted by atomic mass is 19.1. The minimum Gasteiger partial charge on any atom is -0.491 e. The Morgan fingerprint density at radius 1 is 0.929 bits per heavy atom. The number of hydrogen-bond acceptors (Lipinski definition) is 3. The van der Waals surface area contributed by atoms with Crippen molar-refractivity contribution in [1.29, 1.82) is 0 Å². The molecule has 0 atom stereocenters. The maximum atomic E-state index is 14.2. The van der Waals surface area contributed by atoms with E-state index in [1.807, 2.05) is 25.1 Å². The number of halogens is 1. The molecule has 0 amide bonds. The van der Waals surface area contributed by atoms with Crippen LogP contribution in [0.4, 0.5) is 4.39 Å². The van der Waals surface area contributed by atoms with Gasteiger partial charge in [-0.25, -0.2) is 4.39 Å². The number of rotatable bonds is 9. The number of nitrogens with zero attached hydrogens (tertiary/aromatic N) is 2. The molecule has 1 aromatic heterocycles. The second-order valence-electron chi connectivity index (χ2n) is 8.12. The number of aromatic nitrogens is 2. The van der Waals surface area contributed by atoms with E-state index in [2.05, 4.69) is 17.1 Å². The highest BCUT2D eigenvalue weighted by molar-refractivity contribution is 5.59. The molecule has 4 heteroatoms. The van der Waals surface area contributed by atoms with E-state index in [-0.39, 0.29) is 5.82 Å². The first-order valence-corrected chi connectivity index (χ1v) is 10.9. The van der Waals surface area contributed by atoms with E-state index in [0.717, 1.165) is 35.9 Å². The summed E-state index contributed by atoms with van der Waals surface area (Å²) < 4.78 is 19.6. The van der Waals surface area contributed by atoms with E-state index < -0.39 is 0 Å². The number of hydrogen-bond donors (Lipinski definition) is 0. The average molecular weight is 385 g/mol. The van der Waals surface area contributed by atoms with Crippen molar-refractivity contribution in [2.45, 2.75) is 71.6 Å². The van der Waals surface area contributed by atoms with Gasteiger partial charge in [0.25, 0.3) is 0 Å². The van der Waals surface area contributed by atoms with Gasteiger partial charge in [-0.1, -0.05) is 52.4 Å². The molecule has 1 aromatic carbocycles. The Hall–Kier alpha value is -1.97. The van der Waals surface area contributed by atoms with Gasteiger partial charge in [0.05, 0.1) is 18.0 Å². The molecule has 1 heterocycles. The maximum absolute atomic E-state index is 14.2. The van der Waals surface area contributed by atoms with Crippen LogP contribution in [0.3, 0.4) is 0 Å². The zero-order chi connectivity index (χ0) is 19.8.